The van der Waals surface area contributed by atoms with Gasteiger partial charge in [-0.2, -0.15) is 16.9 Å². The molecule has 4 nitrogen and oxygen atoms in total. The van der Waals surface area contributed by atoms with Crippen molar-refractivity contribution in [2.75, 3.05) is 23.9 Å². The molecule has 0 saturated heterocycles. The zero-order valence-corrected chi connectivity index (χ0v) is 14.5. The third-order valence-electron chi connectivity index (χ3n) is 3.73. The van der Waals surface area contributed by atoms with Crippen molar-refractivity contribution in [3.05, 3.63) is 21.0 Å². The summed E-state index contributed by atoms with van der Waals surface area (Å²) in [5, 5.41) is 7.52. The average molecular weight is 360 g/mol. The lowest BCUT2D eigenvalue weighted by atomic mass is 9.85. The standard InChI is InChI=1S/C14H22BrN3OS/c1-10(9-20-2)6-16-13-12(15)7-17-18(14(13)19)8-11-4-3-5-11/h7,10-11,16H,3-6,8-9H2,1-2H3. The van der Waals surface area contributed by atoms with Gasteiger partial charge in [-0.3, -0.25) is 4.79 Å². The summed E-state index contributed by atoms with van der Waals surface area (Å²) in [7, 11) is 0. The number of aromatic nitrogens is 2. The summed E-state index contributed by atoms with van der Waals surface area (Å²) in [6.45, 7) is 3.74. The highest BCUT2D eigenvalue weighted by atomic mass is 79.9. The maximum atomic E-state index is 12.4. The first-order chi connectivity index (χ1) is 9.61. The fraction of sp³-hybridized carbons (Fsp3) is 0.714. The smallest absolute Gasteiger partial charge is 0.291 e. The Morgan fingerprint density at radius 1 is 1.60 bits per heavy atom. The molecule has 1 aliphatic carbocycles. The third-order valence-corrected chi connectivity index (χ3v) is 5.24. The molecule has 6 heteroatoms. The molecule has 1 aromatic rings. The van der Waals surface area contributed by atoms with E-state index in [9.17, 15) is 4.79 Å². The van der Waals surface area contributed by atoms with Crippen LogP contribution in [0.4, 0.5) is 5.69 Å². The van der Waals surface area contributed by atoms with Crippen LogP contribution in [0.1, 0.15) is 26.2 Å². The van der Waals surface area contributed by atoms with E-state index in [0.29, 0.717) is 17.5 Å². The first kappa shape index (κ1) is 15.9. The van der Waals surface area contributed by atoms with Crippen molar-refractivity contribution in [1.82, 2.24) is 9.78 Å². The van der Waals surface area contributed by atoms with Gasteiger partial charge in [-0.25, -0.2) is 4.68 Å². The molecule has 1 aromatic heterocycles. The number of anilines is 1. The molecule has 0 radical (unpaired) electrons. The van der Waals surface area contributed by atoms with Crippen molar-refractivity contribution in [3.63, 3.8) is 0 Å². The Kier molecular flexibility index (Phi) is 5.96. The molecule has 1 heterocycles. The van der Waals surface area contributed by atoms with E-state index in [2.05, 4.69) is 39.5 Å². The summed E-state index contributed by atoms with van der Waals surface area (Å²) >= 11 is 5.25. The van der Waals surface area contributed by atoms with Crippen LogP contribution < -0.4 is 10.9 Å². The summed E-state index contributed by atoms with van der Waals surface area (Å²) in [5.41, 5.74) is 0.634. The highest BCUT2D eigenvalue weighted by molar-refractivity contribution is 9.10. The lowest BCUT2D eigenvalue weighted by molar-refractivity contribution is 0.262. The molecule has 112 valence electrons. The predicted octanol–water partition coefficient (Wildman–Crippen LogP) is 3.22. The second-order valence-corrected chi connectivity index (χ2v) is 7.36. The molecule has 1 N–H and O–H groups in total. The van der Waals surface area contributed by atoms with Crippen molar-refractivity contribution in [2.45, 2.75) is 32.7 Å². The minimum atomic E-state index is -0.0115. The quantitative estimate of drug-likeness (QED) is 0.811. The van der Waals surface area contributed by atoms with Crippen molar-refractivity contribution >= 4 is 33.4 Å². The SMILES string of the molecule is CSCC(C)CNc1c(Br)cnn(CC2CCC2)c1=O. The number of nitrogens with one attached hydrogen (secondary N) is 1. The Morgan fingerprint density at radius 2 is 2.35 bits per heavy atom. The summed E-state index contributed by atoms with van der Waals surface area (Å²) in [5.74, 6) is 2.25. The van der Waals surface area contributed by atoms with Crippen LogP contribution in [-0.2, 0) is 6.54 Å². The van der Waals surface area contributed by atoms with Crippen LogP contribution in [-0.4, -0.2) is 28.3 Å². The molecule has 0 amide bonds. The maximum absolute atomic E-state index is 12.4. The molecule has 0 bridgehead atoms. The average Bonchev–Trinajstić information content (AvgIpc) is 2.36. The van der Waals surface area contributed by atoms with Crippen LogP contribution in [0.2, 0.25) is 0 Å². The van der Waals surface area contributed by atoms with Gasteiger partial charge in [0.25, 0.3) is 5.56 Å². The molecular weight excluding hydrogens is 338 g/mol. The van der Waals surface area contributed by atoms with E-state index in [0.717, 1.165) is 23.3 Å². The molecule has 1 aliphatic rings. The van der Waals surface area contributed by atoms with Crippen LogP contribution in [0.3, 0.4) is 0 Å². The minimum Gasteiger partial charge on any atom is -0.379 e. The predicted molar refractivity (Wildman–Crippen MR) is 89.6 cm³/mol. The van der Waals surface area contributed by atoms with Gasteiger partial charge in [0.05, 0.1) is 10.7 Å². The largest absolute Gasteiger partial charge is 0.379 e. The van der Waals surface area contributed by atoms with E-state index in [4.69, 9.17) is 0 Å². The molecule has 1 saturated carbocycles. The first-order valence-corrected chi connectivity index (χ1v) is 9.29. The summed E-state index contributed by atoms with van der Waals surface area (Å²) in [6.07, 6.45) is 7.55. The molecule has 0 spiro atoms. The number of thioether (sulfide) groups is 1. The normalized spacial score (nSPS) is 16.8. The van der Waals surface area contributed by atoms with Gasteiger partial charge in [-0.05, 0) is 52.6 Å². The fourth-order valence-electron chi connectivity index (χ4n) is 2.30. The summed E-state index contributed by atoms with van der Waals surface area (Å²) in [4.78, 5) is 12.4. The number of halogens is 1. The zero-order chi connectivity index (χ0) is 14.5. The fourth-order valence-corrected chi connectivity index (χ4v) is 3.39. The van der Waals surface area contributed by atoms with Crippen molar-refractivity contribution in [3.8, 4) is 0 Å². The van der Waals surface area contributed by atoms with Crippen LogP contribution in [0, 0.1) is 11.8 Å². The van der Waals surface area contributed by atoms with E-state index < -0.39 is 0 Å². The number of hydrogen-bond acceptors (Lipinski definition) is 4. The van der Waals surface area contributed by atoms with E-state index >= 15 is 0 Å². The Balaban J connectivity index is 2.06. The Labute approximate surface area is 132 Å². The van der Waals surface area contributed by atoms with Gasteiger partial charge < -0.3 is 5.32 Å². The summed E-state index contributed by atoms with van der Waals surface area (Å²) < 4.78 is 2.36. The monoisotopic (exact) mass is 359 g/mol. The number of rotatable bonds is 7. The Bertz CT molecular complexity index is 502. The van der Waals surface area contributed by atoms with E-state index in [1.54, 1.807) is 10.9 Å². The van der Waals surface area contributed by atoms with Crippen LogP contribution >= 0.6 is 27.7 Å². The van der Waals surface area contributed by atoms with E-state index in [1.807, 2.05) is 11.8 Å². The molecular formula is C14H22BrN3OS. The topological polar surface area (TPSA) is 46.9 Å². The molecule has 1 fully saturated rings. The highest BCUT2D eigenvalue weighted by Gasteiger charge is 2.20. The van der Waals surface area contributed by atoms with Crippen LogP contribution in [0.25, 0.3) is 0 Å². The van der Waals surface area contributed by atoms with Gasteiger partial charge in [0.2, 0.25) is 0 Å². The second-order valence-electron chi connectivity index (χ2n) is 5.59. The van der Waals surface area contributed by atoms with E-state index in [-0.39, 0.29) is 5.56 Å². The van der Waals surface area contributed by atoms with Gasteiger partial charge in [-0.1, -0.05) is 13.3 Å². The Hall–Kier alpha value is -0.490. The van der Waals surface area contributed by atoms with Crippen molar-refractivity contribution in [1.29, 1.82) is 0 Å². The van der Waals surface area contributed by atoms with Gasteiger partial charge >= 0.3 is 0 Å². The molecule has 20 heavy (non-hydrogen) atoms. The van der Waals surface area contributed by atoms with E-state index in [1.165, 1.54) is 19.3 Å². The molecule has 1 unspecified atom stereocenters. The van der Waals surface area contributed by atoms with Crippen LogP contribution in [0.15, 0.2) is 15.5 Å². The number of hydrogen-bond donors (Lipinski definition) is 1. The van der Waals surface area contributed by atoms with Crippen molar-refractivity contribution < 1.29 is 0 Å². The second kappa shape index (κ2) is 7.50. The first-order valence-electron chi connectivity index (χ1n) is 7.10. The van der Waals surface area contributed by atoms with Crippen molar-refractivity contribution in [2.24, 2.45) is 11.8 Å². The van der Waals surface area contributed by atoms with Crippen LogP contribution in [0.5, 0.6) is 0 Å². The van der Waals surface area contributed by atoms with Gasteiger partial charge in [-0.15, -0.1) is 0 Å². The van der Waals surface area contributed by atoms with Gasteiger partial charge in [0.1, 0.15) is 5.69 Å². The minimum absolute atomic E-state index is 0.0115. The third kappa shape index (κ3) is 4.01. The lowest BCUT2D eigenvalue weighted by Gasteiger charge is -2.25. The number of nitrogens with zero attached hydrogens (tertiary/aromatic N) is 2. The van der Waals surface area contributed by atoms with Gasteiger partial charge in [0.15, 0.2) is 0 Å². The molecule has 1 atom stereocenters. The maximum Gasteiger partial charge on any atom is 0.291 e. The summed E-state index contributed by atoms with van der Waals surface area (Å²) in [6, 6.07) is 0. The highest BCUT2D eigenvalue weighted by Crippen LogP contribution is 2.27. The Morgan fingerprint density at radius 3 is 2.95 bits per heavy atom. The zero-order valence-electron chi connectivity index (χ0n) is 12.1. The lowest BCUT2D eigenvalue weighted by Crippen LogP contribution is -2.31. The van der Waals surface area contributed by atoms with Gasteiger partial charge in [0, 0.05) is 13.1 Å². The molecule has 2 rings (SSSR count). The molecule has 0 aliphatic heterocycles. The molecule has 0 aromatic carbocycles.